The molecule has 1 atom stereocenters. The zero-order valence-electron chi connectivity index (χ0n) is 10.5. The summed E-state index contributed by atoms with van der Waals surface area (Å²) >= 11 is 6.29. The lowest BCUT2D eigenvalue weighted by Crippen LogP contribution is -2.32. The van der Waals surface area contributed by atoms with E-state index in [1.54, 1.807) is 6.92 Å². The standard InChI is InChI=1S/C14H20ClNO/c1-10-5-7-16(8-6-10)14-4-3-12(11(2)17)9-13(14)15/h3-4,9-11,17H,5-8H2,1-2H3. The molecular weight excluding hydrogens is 234 g/mol. The van der Waals surface area contributed by atoms with E-state index in [-0.39, 0.29) is 0 Å². The SMILES string of the molecule is CC1CCN(c2ccc(C(C)O)cc2Cl)CC1. The van der Waals surface area contributed by atoms with Crippen molar-refractivity contribution in [3.63, 3.8) is 0 Å². The highest BCUT2D eigenvalue weighted by atomic mass is 35.5. The fourth-order valence-electron chi connectivity index (χ4n) is 2.29. The van der Waals surface area contributed by atoms with Gasteiger partial charge < -0.3 is 10.0 Å². The van der Waals surface area contributed by atoms with Crippen molar-refractivity contribution in [3.8, 4) is 0 Å². The molecule has 0 amide bonds. The van der Waals surface area contributed by atoms with Crippen molar-refractivity contribution < 1.29 is 5.11 Å². The summed E-state index contributed by atoms with van der Waals surface area (Å²) < 4.78 is 0. The number of anilines is 1. The normalized spacial score (nSPS) is 19.4. The van der Waals surface area contributed by atoms with Crippen LogP contribution < -0.4 is 4.90 Å². The molecule has 0 aromatic heterocycles. The fourth-order valence-corrected chi connectivity index (χ4v) is 2.60. The van der Waals surface area contributed by atoms with Crippen molar-refractivity contribution in [2.45, 2.75) is 32.8 Å². The first-order valence-electron chi connectivity index (χ1n) is 6.30. The van der Waals surface area contributed by atoms with Gasteiger partial charge in [-0.15, -0.1) is 0 Å². The molecule has 2 rings (SSSR count). The summed E-state index contributed by atoms with van der Waals surface area (Å²) in [6.45, 7) is 6.22. The summed E-state index contributed by atoms with van der Waals surface area (Å²) in [6.07, 6.45) is 2.01. The van der Waals surface area contributed by atoms with Crippen LogP contribution in [0.25, 0.3) is 0 Å². The van der Waals surface area contributed by atoms with E-state index in [0.29, 0.717) is 0 Å². The largest absolute Gasteiger partial charge is 0.389 e. The molecule has 1 aliphatic rings. The third-order valence-electron chi connectivity index (χ3n) is 3.58. The Morgan fingerprint density at radius 1 is 1.35 bits per heavy atom. The van der Waals surface area contributed by atoms with E-state index in [1.165, 1.54) is 12.8 Å². The summed E-state index contributed by atoms with van der Waals surface area (Å²) in [5, 5.41) is 10.3. The lowest BCUT2D eigenvalue weighted by atomic mass is 9.98. The van der Waals surface area contributed by atoms with Gasteiger partial charge in [-0.1, -0.05) is 24.6 Å². The maximum atomic E-state index is 9.51. The highest BCUT2D eigenvalue weighted by Gasteiger charge is 2.18. The molecule has 1 heterocycles. The predicted octanol–water partition coefficient (Wildman–Crippen LogP) is 3.63. The molecule has 1 unspecified atom stereocenters. The number of rotatable bonds is 2. The van der Waals surface area contributed by atoms with Crippen LogP contribution >= 0.6 is 11.6 Å². The molecule has 3 heteroatoms. The van der Waals surface area contributed by atoms with E-state index in [9.17, 15) is 5.11 Å². The number of aliphatic hydroxyl groups is 1. The van der Waals surface area contributed by atoms with Crippen LogP contribution in [-0.4, -0.2) is 18.2 Å². The quantitative estimate of drug-likeness (QED) is 0.870. The Bertz CT molecular complexity index is 384. The average Bonchev–Trinajstić information content (AvgIpc) is 2.30. The van der Waals surface area contributed by atoms with Crippen molar-refractivity contribution in [2.24, 2.45) is 5.92 Å². The van der Waals surface area contributed by atoms with Crippen LogP contribution in [0.4, 0.5) is 5.69 Å². The van der Waals surface area contributed by atoms with Crippen LogP contribution in [0.2, 0.25) is 5.02 Å². The average molecular weight is 254 g/mol. The van der Waals surface area contributed by atoms with E-state index >= 15 is 0 Å². The minimum Gasteiger partial charge on any atom is -0.389 e. The number of halogens is 1. The van der Waals surface area contributed by atoms with E-state index in [2.05, 4.69) is 11.8 Å². The lowest BCUT2D eigenvalue weighted by molar-refractivity contribution is 0.199. The van der Waals surface area contributed by atoms with Crippen LogP contribution in [0.3, 0.4) is 0 Å². The second kappa shape index (κ2) is 5.28. The van der Waals surface area contributed by atoms with E-state index in [4.69, 9.17) is 11.6 Å². The summed E-state index contributed by atoms with van der Waals surface area (Å²) in [7, 11) is 0. The minimum atomic E-state index is -0.456. The number of aliphatic hydroxyl groups excluding tert-OH is 1. The molecule has 1 aliphatic heterocycles. The summed E-state index contributed by atoms with van der Waals surface area (Å²) in [6, 6.07) is 5.86. The summed E-state index contributed by atoms with van der Waals surface area (Å²) in [4.78, 5) is 2.34. The monoisotopic (exact) mass is 253 g/mol. The first kappa shape index (κ1) is 12.7. The van der Waals surface area contributed by atoms with Crippen LogP contribution in [0, 0.1) is 5.92 Å². The van der Waals surface area contributed by atoms with Gasteiger partial charge in [0, 0.05) is 13.1 Å². The van der Waals surface area contributed by atoms with Gasteiger partial charge in [0.25, 0.3) is 0 Å². The van der Waals surface area contributed by atoms with Crippen molar-refractivity contribution in [3.05, 3.63) is 28.8 Å². The number of piperidine rings is 1. The number of nitrogens with zero attached hydrogens (tertiary/aromatic N) is 1. The van der Waals surface area contributed by atoms with Gasteiger partial charge in [-0.3, -0.25) is 0 Å². The van der Waals surface area contributed by atoms with Gasteiger partial charge in [0.15, 0.2) is 0 Å². The minimum absolute atomic E-state index is 0.456. The van der Waals surface area contributed by atoms with Gasteiger partial charge in [-0.25, -0.2) is 0 Å². The summed E-state index contributed by atoms with van der Waals surface area (Å²) in [5.74, 6) is 0.821. The molecule has 0 bridgehead atoms. The summed E-state index contributed by atoms with van der Waals surface area (Å²) in [5.41, 5.74) is 1.98. The highest BCUT2D eigenvalue weighted by Crippen LogP contribution is 2.31. The Hall–Kier alpha value is -0.730. The topological polar surface area (TPSA) is 23.5 Å². The zero-order valence-corrected chi connectivity index (χ0v) is 11.2. The van der Waals surface area contributed by atoms with Gasteiger partial charge in [0.1, 0.15) is 0 Å². The number of hydrogen-bond acceptors (Lipinski definition) is 2. The van der Waals surface area contributed by atoms with Gasteiger partial charge in [0.2, 0.25) is 0 Å². The third kappa shape index (κ3) is 2.93. The van der Waals surface area contributed by atoms with Gasteiger partial charge in [-0.2, -0.15) is 0 Å². The fraction of sp³-hybridized carbons (Fsp3) is 0.571. The Morgan fingerprint density at radius 2 is 2.00 bits per heavy atom. The predicted molar refractivity (Wildman–Crippen MR) is 72.7 cm³/mol. The zero-order chi connectivity index (χ0) is 12.4. The van der Waals surface area contributed by atoms with Crippen molar-refractivity contribution >= 4 is 17.3 Å². The Labute approximate surface area is 108 Å². The van der Waals surface area contributed by atoms with E-state index < -0.39 is 6.10 Å². The first-order valence-corrected chi connectivity index (χ1v) is 6.68. The molecule has 0 spiro atoms. The molecule has 94 valence electrons. The van der Waals surface area contributed by atoms with Crippen molar-refractivity contribution in [1.29, 1.82) is 0 Å². The maximum absolute atomic E-state index is 9.51. The third-order valence-corrected chi connectivity index (χ3v) is 3.88. The highest BCUT2D eigenvalue weighted by molar-refractivity contribution is 6.33. The Balaban J connectivity index is 2.16. The first-order chi connectivity index (χ1) is 8.08. The molecule has 1 N–H and O–H groups in total. The van der Waals surface area contributed by atoms with Crippen LogP contribution in [0.1, 0.15) is 38.4 Å². The van der Waals surface area contributed by atoms with Crippen LogP contribution in [0.5, 0.6) is 0 Å². The van der Waals surface area contributed by atoms with E-state index in [0.717, 1.165) is 35.3 Å². The Kier molecular flexibility index (Phi) is 3.95. The molecular formula is C14H20ClNO. The van der Waals surface area contributed by atoms with Crippen molar-refractivity contribution in [2.75, 3.05) is 18.0 Å². The smallest absolute Gasteiger partial charge is 0.0762 e. The molecule has 1 aromatic carbocycles. The molecule has 0 aliphatic carbocycles. The molecule has 1 fully saturated rings. The Morgan fingerprint density at radius 3 is 2.53 bits per heavy atom. The number of hydrogen-bond donors (Lipinski definition) is 1. The maximum Gasteiger partial charge on any atom is 0.0762 e. The molecule has 0 radical (unpaired) electrons. The number of benzene rings is 1. The van der Waals surface area contributed by atoms with Gasteiger partial charge in [-0.05, 0) is 43.4 Å². The van der Waals surface area contributed by atoms with Gasteiger partial charge >= 0.3 is 0 Å². The lowest BCUT2D eigenvalue weighted by Gasteiger charge is -2.32. The molecule has 0 saturated carbocycles. The van der Waals surface area contributed by atoms with E-state index in [1.807, 2.05) is 18.2 Å². The molecule has 17 heavy (non-hydrogen) atoms. The van der Waals surface area contributed by atoms with Crippen LogP contribution in [-0.2, 0) is 0 Å². The van der Waals surface area contributed by atoms with Gasteiger partial charge in [0.05, 0.1) is 16.8 Å². The second-order valence-corrected chi connectivity index (χ2v) is 5.46. The van der Waals surface area contributed by atoms with Crippen molar-refractivity contribution in [1.82, 2.24) is 0 Å². The molecule has 2 nitrogen and oxygen atoms in total. The van der Waals surface area contributed by atoms with Crippen LogP contribution in [0.15, 0.2) is 18.2 Å². The molecule has 1 aromatic rings. The molecule has 1 saturated heterocycles. The second-order valence-electron chi connectivity index (χ2n) is 5.06.